The minimum absolute atomic E-state index is 0.128. The number of hydrogen-bond donors (Lipinski definition) is 1. The molecule has 0 aliphatic heterocycles. The monoisotopic (exact) mass is 312 g/mol. The van der Waals surface area contributed by atoms with E-state index in [9.17, 15) is 8.42 Å². The molecule has 1 aromatic carbocycles. The van der Waals surface area contributed by atoms with Gasteiger partial charge in [-0.2, -0.15) is 4.31 Å². The molecule has 0 bridgehead atoms. The fourth-order valence-corrected chi connectivity index (χ4v) is 4.40. The second-order valence-corrected chi connectivity index (χ2v) is 7.75. The number of hydrogen-bond acceptors (Lipinski definition) is 4. The lowest BCUT2D eigenvalue weighted by molar-refractivity contribution is 0.354. The second kappa shape index (κ2) is 6.34. The van der Waals surface area contributed by atoms with E-state index in [0.717, 1.165) is 18.4 Å². The van der Waals surface area contributed by atoms with E-state index in [1.165, 1.54) is 7.11 Å². The Morgan fingerprint density at radius 3 is 2.52 bits per heavy atom. The van der Waals surface area contributed by atoms with Gasteiger partial charge in [-0.1, -0.05) is 19.9 Å². The van der Waals surface area contributed by atoms with Gasteiger partial charge in [0.2, 0.25) is 10.0 Å². The Bertz CT molecular complexity index is 595. The van der Waals surface area contributed by atoms with Crippen LogP contribution in [0, 0.1) is 5.92 Å². The van der Waals surface area contributed by atoms with Crippen LogP contribution in [0.25, 0.3) is 0 Å². The third kappa shape index (κ3) is 3.56. The number of benzene rings is 1. The first-order valence-corrected chi connectivity index (χ1v) is 8.73. The summed E-state index contributed by atoms with van der Waals surface area (Å²) in [6.45, 7) is 4.89. The summed E-state index contributed by atoms with van der Waals surface area (Å²) in [5.41, 5.74) is 6.42. The van der Waals surface area contributed by atoms with Gasteiger partial charge in [0.25, 0.3) is 0 Å². The largest absolute Gasteiger partial charge is 0.495 e. The number of rotatable bonds is 7. The van der Waals surface area contributed by atoms with Crippen molar-refractivity contribution in [2.45, 2.75) is 44.2 Å². The van der Waals surface area contributed by atoms with E-state index in [4.69, 9.17) is 10.5 Å². The lowest BCUT2D eigenvalue weighted by Gasteiger charge is -2.25. The van der Waals surface area contributed by atoms with E-state index in [2.05, 4.69) is 0 Å². The maximum Gasteiger partial charge on any atom is 0.247 e. The molecule has 0 spiro atoms. The molecule has 0 heterocycles. The zero-order chi connectivity index (χ0) is 15.6. The Morgan fingerprint density at radius 1 is 1.38 bits per heavy atom. The average Bonchev–Trinajstić information content (AvgIpc) is 3.28. The van der Waals surface area contributed by atoms with Gasteiger partial charge in [0, 0.05) is 19.1 Å². The highest BCUT2D eigenvalue weighted by Crippen LogP contribution is 2.36. The summed E-state index contributed by atoms with van der Waals surface area (Å²) >= 11 is 0. The molecular weight excluding hydrogens is 288 g/mol. The highest BCUT2D eigenvalue weighted by Gasteiger charge is 2.39. The normalized spacial score (nSPS) is 15.7. The summed E-state index contributed by atoms with van der Waals surface area (Å²) < 4.78 is 32.9. The first kappa shape index (κ1) is 16.3. The van der Waals surface area contributed by atoms with Crippen molar-refractivity contribution < 1.29 is 13.2 Å². The average molecular weight is 312 g/mol. The van der Waals surface area contributed by atoms with Crippen molar-refractivity contribution >= 4 is 10.0 Å². The van der Waals surface area contributed by atoms with Gasteiger partial charge < -0.3 is 10.5 Å². The van der Waals surface area contributed by atoms with Crippen LogP contribution in [0.5, 0.6) is 5.75 Å². The van der Waals surface area contributed by atoms with Crippen molar-refractivity contribution in [3.8, 4) is 5.75 Å². The molecule has 2 rings (SSSR count). The number of nitrogens with zero attached hydrogens (tertiary/aromatic N) is 1. The summed E-state index contributed by atoms with van der Waals surface area (Å²) in [4.78, 5) is 0.223. The third-order valence-electron chi connectivity index (χ3n) is 3.55. The van der Waals surface area contributed by atoms with Crippen LogP contribution in [0.15, 0.2) is 23.1 Å². The van der Waals surface area contributed by atoms with Crippen LogP contribution in [-0.4, -0.2) is 32.4 Å². The summed E-state index contributed by atoms with van der Waals surface area (Å²) in [5, 5.41) is 0. The van der Waals surface area contributed by atoms with Gasteiger partial charge in [-0.3, -0.25) is 0 Å². The molecule has 1 aromatic rings. The molecule has 5 nitrogen and oxygen atoms in total. The van der Waals surface area contributed by atoms with Crippen LogP contribution in [-0.2, 0) is 16.6 Å². The number of sulfonamides is 1. The Kier molecular flexibility index (Phi) is 4.91. The molecule has 0 atom stereocenters. The molecule has 6 heteroatoms. The van der Waals surface area contributed by atoms with Gasteiger partial charge in [0.15, 0.2) is 0 Å². The summed E-state index contributed by atoms with van der Waals surface area (Å²) in [7, 11) is -2.07. The fraction of sp³-hybridized carbons (Fsp3) is 0.600. The van der Waals surface area contributed by atoms with E-state index < -0.39 is 10.0 Å². The van der Waals surface area contributed by atoms with Crippen molar-refractivity contribution in [2.24, 2.45) is 11.7 Å². The molecule has 1 fully saturated rings. The minimum Gasteiger partial charge on any atom is -0.495 e. The maximum absolute atomic E-state index is 13.0. The SMILES string of the molecule is COc1ccc(CN)cc1S(=O)(=O)N(CC(C)C)C1CC1. The zero-order valence-electron chi connectivity index (χ0n) is 12.9. The lowest BCUT2D eigenvalue weighted by Crippen LogP contribution is -2.36. The van der Waals surface area contributed by atoms with Crippen LogP contribution in [0.4, 0.5) is 0 Å². The summed E-state index contributed by atoms with van der Waals surface area (Å²) in [6.07, 6.45) is 1.87. The topological polar surface area (TPSA) is 72.6 Å². The minimum atomic E-state index is -3.56. The smallest absolute Gasteiger partial charge is 0.247 e. The van der Waals surface area contributed by atoms with Gasteiger partial charge in [-0.25, -0.2) is 8.42 Å². The zero-order valence-corrected chi connectivity index (χ0v) is 13.7. The van der Waals surface area contributed by atoms with Crippen molar-refractivity contribution in [3.05, 3.63) is 23.8 Å². The fourth-order valence-electron chi connectivity index (χ4n) is 2.34. The van der Waals surface area contributed by atoms with Gasteiger partial charge in [-0.05, 0) is 36.5 Å². The second-order valence-electron chi connectivity index (χ2n) is 5.89. The first-order valence-electron chi connectivity index (χ1n) is 7.29. The highest BCUT2D eigenvalue weighted by atomic mass is 32.2. The maximum atomic E-state index is 13.0. The molecule has 21 heavy (non-hydrogen) atoms. The lowest BCUT2D eigenvalue weighted by atomic mass is 10.2. The van der Waals surface area contributed by atoms with E-state index in [0.29, 0.717) is 18.8 Å². The van der Waals surface area contributed by atoms with Gasteiger partial charge >= 0.3 is 0 Å². The molecular formula is C15H24N2O3S. The van der Waals surface area contributed by atoms with Gasteiger partial charge in [0.1, 0.15) is 10.6 Å². The van der Waals surface area contributed by atoms with E-state index in [1.54, 1.807) is 22.5 Å². The van der Waals surface area contributed by atoms with Crippen molar-refractivity contribution in [3.63, 3.8) is 0 Å². The molecule has 118 valence electrons. The van der Waals surface area contributed by atoms with Crippen LogP contribution in [0.1, 0.15) is 32.3 Å². The number of ether oxygens (including phenoxy) is 1. The van der Waals surface area contributed by atoms with Crippen molar-refractivity contribution in [1.82, 2.24) is 4.31 Å². The predicted molar refractivity (Wildman–Crippen MR) is 82.6 cm³/mol. The molecule has 0 saturated heterocycles. The Balaban J connectivity index is 2.45. The quantitative estimate of drug-likeness (QED) is 0.835. The predicted octanol–water partition coefficient (Wildman–Crippen LogP) is 1.96. The summed E-state index contributed by atoms with van der Waals surface area (Å²) in [6, 6.07) is 5.23. The molecule has 0 unspecified atom stereocenters. The van der Waals surface area contributed by atoms with Crippen LogP contribution < -0.4 is 10.5 Å². The molecule has 1 aliphatic rings. The van der Waals surface area contributed by atoms with Crippen LogP contribution >= 0.6 is 0 Å². The number of nitrogens with two attached hydrogens (primary N) is 1. The van der Waals surface area contributed by atoms with Crippen LogP contribution in [0.3, 0.4) is 0 Å². The van der Waals surface area contributed by atoms with Crippen molar-refractivity contribution in [2.75, 3.05) is 13.7 Å². The molecule has 1 aliphatic carbocycles. The van der Waals surface area contributed by atoms with Crippen molar-refractivity contribution in [1.29, 1.82) is 0 Å². The highest BCUT2D eigenvalue weighted by molar-refractivity contribution is 7.89. The van der Waals surface area contributed by atoms with Gasteiger partial charge in [-0.15, -0.1) is 0 Å². The van der Waals surface area contributed by atoms with E-state index in [-0.39, 0.29) is 16.9 Å². The molecule has 0 aromatic heterocycles. The standard InChI is InChI=1S/C15H24N2O3S/c1-11(2)10-17(13-5-6-13)21(18,19)15-8-12(9-16)4-7-14(15)20-3/h4,7-8,11,13H,5-6,9-10,16H2,1-3H3. The Hall–Kier alpha value is -1.11. The Morgan fingerprint density at radius 2 is 2.05 bits per heavy atom. The molecule has 0 radical (unpaired) electrons. The number of methoxy groups -OCH3 is 1. The molecule has 0 amide bonds. The molecule has 2 N–H and O–H groups in total. The van der Waals surface area contributed by atoms with Gasteiger partial charge in [0.05, 0.1) is 7.11 Å². The third-order valence-corrected chi connectivity index (χ3v) is 5.49. The summed E-state index contributed by atoms with van der Waals surface area (Å²) in [5.74, 6) is 0.658. The van der Waals surface area contributed by atoms with E-state index in [1.807, 2.05) is 13.8 Å². The first-order chi connectivity index (χ1) is 9.90. The van der Waals surface area contributed by atoms with E-state index >= 15 is 0 Å². The van der Waals surface area contributed by atoms with Crippen LogP contribution in [0.2, 0.25) is 0 Å². The molecule has 1 saturated carbocycles. The Labute approximate surface area is 127 Å².